The first kappa shape index (κ1) is 12.5. The van der Waals surface area contributed by atoms with E-state index in [-0.39, 0.29) is 0 Å². The van der Waals surface area contributed by atoms with E-state index in [1.165, 1.54) is 5.75 Å². The van der Waals surface area contributed by atoms with Crippen LogP contribution in [0.1, 0.15) is 6.42 Å². The molecule has 1 aliphatic rings. The Morgan fingerprint density at radius 2 is 2.14 bits per heavy atom. The number of hydrogen-bond acceptors (Lipinski definition) is 4. The van der Waals surface area contributed by atoms with Gasteiger partial charge in [0.25, 0.3) is 0 Å². The summed E-state index contributed by atoms with van der Waals surface area (Å²) in [6.45, 7) is 2.65. The fourth-order valence-electron chi connectivity index (χ4n) is 1.72. The lowest BCUT2D eigenvalue weighted by Gasteiger charge is -2.33. The molecule has 84 valence electrons. The normalized spacial score (nSPS) is 22.4. The number of rotatable bonds is 5. The molecule has 0 radical (unpaired) electrons. The van der Waals surface area contributed by atoms with Gasteiger partial charge in [-0.1, -0.05) is 0 Å². The molecule has 2 N–H and O–H groups in total. The molecule has 3 nitrogen and oxygen atoms in total. The van der Waals surface area contributed by atoms with Gasteiger partial charge in [0.15, 0.2) is 0 Å². The average molecular weight is 236 g/mol. The largest absolute Gasteiger partial charge is 0.329 e. The van der Waals surface area contributed by atoms with Crippen LogP contribution in [0, 0.1) is 0 Å². The second kappa shape index (κ2) is 6.82. The smallest absolute Gasteiger partial charge is 0.0363 e. The van der Waals surface area contributed by atoms with E-state index in [2.05, 4.69) is 11.2 Å². The first-order valence-electron chi connectivity index (χ1n) is 5.06. The Morgan fingerprint density at radius 1 is 1.50 bits per heavy atom. The number of nitrogens with two attached hydrogens (primary N) is 1. The monoisotopic (exact) mass is 236 g/mol. The third-order valence-electron chi connectivity index (χ3n) is 2.66. The molecule has 14 heavy (non-hydrogen) atoms. The van der Waals surface area contributed by atoms with E-state index in [0.29, 0.717) is 6.04 Å². The van der Waals surface area contributed by atoms with Crippen molar-refractivity contribution in [3.05, 3.63) is 0 Å². The van der Waals surface area contributed by atoms with Gasteiger partial charge >= 0.3 is 0 Å². The highest BCUT2D eigenvalue weighted by Gasteiger charge is 2.21. The van der Waals surface area contributed by atoms with Crippen LogP contribution in [0.25, 0.3) is 0 Å². The zero-order chi connectivity index (χ0) is 10.4. The molecule has 0 amide bonds. The standard InChI is InChI=1S/C9H20N2OS2/c1-13-5-2-9(8-10)11-3-6-14(12)7-4-11/h9H,2-8,10H2,1H3. The third-order valence-corrected chi connectivity index (χ3v) is 4.58. The van der Waals surface area contributed by atoms with Gasteiger partial charge < -0.3 is 5.73 Å². The molecule has 1 heterocycles. The molecule has 0 aromatic heterocycles. The highest BCUT2D eigenvalue weighted by atomic mass is 32.2. The SMILES string of the molecule is CSCCC(CN)N1CCS(=O)CC1. The van der Waals surface area contributed by atoms with Gasteiger partial charge in [-0.3, -0.25) is 9.11 Å². The molecule has 1 unspecified atom stereocenters. The summed E-state index contributed by atoms with van der Waals surface area (Å²) in [5.74, 6) is 2.83. The summed E-state index contributed by atoms with van der Waals surface area (Å²) in [5, 5.41) is 0. The Morgan fingerprint density at radius 3 is 2.64 bits per heavy atom. The Kier molecular flexibility index (Phi) is 6.09. The van der Waals surface area contributed by atoms with E-state index in [1.807, 2.05) is 11.8 Å². The lowest BCUT2D eigenvalue weighted by Crippen LogP contribution is -2.47. The summed E-state index contributed by atoms with van der Waals surface area (Å²) in [6.07, 6.45) is 3.28. The number of thioether (sulfide) groups is 1. The topological polar surface area (TPSA) is 46.3 Å². The Bertz CT molecular complexity index is 180. The summed E-state index contributed by atoms with van der Waals surface area (Å²) >= 11 is 1.87. The lowest BCUT2D eigenvalue weighted by molar-refractivity contribution is 0.214. The minimum atomic E-state index is -0.573. The zero-order valence-corrected chi connectivity index (χ0v) is 10.4. The van der Waals surface area contributed by atoms with E-state index >= 15 is 0 Å². The van der Waals surface area contributed by atoms with Gasteiger partial charge in [0, 0.05) is 48.0 Å². The van der Waals surface area contributed by atoms with Crippen LogP contribution >= 0.6 is 11.8 Å². The average Bonchev–Trinajstić information content (AvgIpc) is 2.21. The summed E-state index contributed by atoms with van der Waals surface area (Å²) < 4.78 is 11.2. The molecule has 1 aliphatic heterocycles. The van der Waals surface area contributed by atoms with Crippen molar-refractivity contribution < 1.29 is 4.21 Å². The fraction of sp³-hybridized carbons (Fsp3) is 1.00. The van der Waals surface area contributed by atoms with E-state index in [4.69, 9.17) is 5.73 Å². The van der Waals surface area contributed by atoms with Crippen molar-refractivity contribution in [1.82, 2.24) is 4.90 Å². The third kappa shape index (κ3) is 3.88. The first-order valence-corrected chi connectivity index (χ1v) is 7.94. The first-order chi connectivity index (χ1) is 6.77. The predicted octanol–water partition coefficient (Wildman–Crippen LogP) is 0.131. The van der Waals surface area contributed by atoms with Gasteiger partial charge in [-0.15, -0.1) is 0 Å². The van der Waals surface area contributed by atoms with Gasteiger partial charge in [0.05, 0.1) is 0 Å². The summed E-state index contributed by atoms with van der Waals surface area (Å²) in [6, 6.07) is 0.500. The van der Waals surface area contributed by atoms with Crippen molar-refractivity contribution in [3.63, 3.8) is 0 Å². The van der Waals surface area contributed by atoms with E-state index in [9.17, 15) is 4.21 Å². The zero-order valence-electron chi connectivity index (χ0n) is 8.78. The molecule has 0 aromatic rings. The van der Waals surface area contributed by atoms with Crippen LogP contribution < -0.4 is 5.73 Å². The second-order valence-corrected chi connectivity index (χ2v) is 6.24. The van der Waals surface area contributed by atoms with Crippen LogP contribution in [0.3, 0.4) is 0 Å². The van der Waals surface area contributed by atoms with Gasteiger partial charge in [-0.2, -0.15) is 11.8 Å². The van der Waals surface area contributed by atoms with Crippen LogP contribution in [-0.2, 0) is 10.8 Å². The van der Waals surface area contributed by atoms with Gasteiger partial charge in [-0.05, 0) is 18.4 Å². The number of nitrogens with zero attached hydrogens (tertiary/aromatic N) is 1. The minimum absolute atomic E-state index is 0.500. The molecular weight excluding hydrogens is 216 g/mol. The summed E-state index contributed by atoms with van der Waals surface area (Å²) in [7, 11) is -0.573. The van der Waals surface area contributed by atoms with Crippen molar-refractivity contribution >= 4 is 22.6 Å². The van der Waals surface area contributed by atoms with E-state index < -0.39 is 10.8 Å². The molecule has 5 heteroatoms. The Labute approximate surface area is 93.3 Å². The van der Waals surface area contributed by atoms with Crippen LogP contribution in [-0.4, -0.2) is 58.3 Å². The van der Waals surface area contributed by atoms with Crippen molar-refractivity contribution in [2.24, 2.45) is 5.73 Å². The maximum absolute atomic E-state index is 11.2. The molecule has 0 bridgehead atoms. The maximum Gasteiger partial charge on any atom is 0.0363 e. The van der Waals surface area contributed by atoms with E-state index in [1.54, 1.807) is 0 Å². The quantitative estimate of drug-likeness (QED) is 0.737. The number of hydrogen-bond donors (Lipinski definition) is 1. The van der Waals surface area contributed by atoms with Crippen molar-refractivity contribution in [2.45, 2.75) is 12.5 Å². The lowest BCUT2D eigenvalue weighted by atomic mass is 10.2. The summed E-state index contributed by atoms with van der Waals surface area (Å²) in [5.41, 5.74) is 5.75. The van der Waals surface area contributed by atoms with Crippen LogP contribution in [0.5, 0.6) is 0 Å². The molecule has 0 saturated carbocycles. The minimum Gasteiger partial charge on any atom is -0.329 e. The molecule has 1 atom stereocenters. The Hall–Kier alpha value is 0.420. The van der Waals surface area contributed by atoms with Crippen molar-refractivity contribution in [2.75, 3.05) is 43.1 Å². The van der Waals surface area contributed by atoms with Crippen LogP contribution in [0.4, 0.5) is 0 Å². The van der Waals surface area contributed by atoms with E-state index in [0.717, 1.165) is 37.6 Å². The second-order valence-electron chi connectivity index (χ2n) is 3.56. The molecule has 0 aliphatic carbocycles. The predicted molar refractivity (Wildman–Crippen MR) is 65.3 cm³/mol. The van der Waals surface area contributed by atoms with Gasteiger partial charge in [0.2, 0.25) is 0 Å². The van der Waals surface area contributed by atoms with Gasteiger partial charge in [0.1, 0.15) is 0 Å². The molecule has 1 rings (SSSR count). The molecular formula is C9H20N2OS2. The van der Waals surface area contributed by atoms with Crippen LogP contribution in [0.15, 0.2) is 0 Å². The van der Waals surface area contributed by atoms with Gasteiger partial charge in [-0.25, -0.2) is 0 Å². The molecule has 0 spiro atoms. The van der Waals surface area contributed by atoms with Crippen molar-refractivity contribution in [1.29, 1.82) is 0 Å². The molecule has 0 aromatic carbocycles. The maximum atomic E-state index is 11.2. The summed E-state index contributed by atoms with van der Waals surface area (Å²) in [4.78, 5) is 2.40. The fourth-order valence-corrected chi connectivity index (χ4v) is 3.31. The highest BCUT2D eigenvalue weighted by molar-refractivity contribution is 7.98. The molecule has 1 saturated heterocycles. The highest BCUT2D eigenvalue weighted by Crippen LogP contribution is 2.10. The Balaban J connectivity index is 2.32. The molecule has 1 fully saturated rings. The van der Waals surface area contributed by atoms with Crippen LogP contribution in [0.2, 0.25) is 0 Å². The van der Waals surface area contributed by atoms with Crippen molar-refractivity contribution in [3.8, 4) is 0 Å².